The second-order valence-corrected chi connectivity index (χ2v) is 6.60. The zero-order chi connectivity index (χ0) is 16.1. The van der Waals surface area contributed by atoms with Gasteiger partial charge in [-0.05, 0) is 47.1 Å². The smallest absolute Gasteiger partial charge is 0.254 e. The number of benzene rings is 1. The van der Waals surface area contributed by atoms with Crippen LogP contribution in [-0.2, 0) is 6.54 Å². The average molecular weight is 384 g/mol. The van der Waals surface area contributed by atoms with E-state index >= 15 is 0 Å². The van der Waals surface area contributed by atoms with E-state index < -0.39 is 0 Å². The molecule has 6 heteroatoms. The minimum absolute atomic E-state index is 0.0480. The van der Waals surface area contributed by atoms with Crippen LogP contribution >= 0.6 is 27.3 Å². The minimum atomic E-state index is -0.0480. The van der Waals surface area contributed by atoms with Gasteiger partial charge in [0.25, 0.3) is 5.91 Å². The summed E-state index contributed by atoms with van der Waals surface area (Å²) in [6, 6.07) is 7.26. The van der Waals surface area contributed by atoms with E-state index in [2.05, 4.69) is 15.9 Å². The Kier molecular flexibility index (Phi) is 5.85. The van der Waals surface area contributed by atoms with Crippen molar-refractivity contribution in [2.75, 3.05) is 20.8 Å². The lowest BCUT2D eigenvalue weighted by molar-refractivity contribution is 0.0786. The van der Waals surface area contributed by atoms with E-state index in [9.17, 15) is 4.79 Å². The molecule has 118 valence electrons. The van der Waals surface area contributed by atoms with Crippen LogP contribution in [0.2, 0.25) is 0 Å². The Hall–Kier alpha value is -1.53. The molecule has 0 radical (unpaired) electrons. The second kappa shape index (κ2) is 7.65. The molecule has 2 rings (SSSR count). The molecule has 1 amide bonds. The Balaban J connectivity index is 2.15. The van der Waals surface area contributed by atoms with Crippen LogP contribution in [0.5, 0.6) is 11.5 Å². The number of nitrogens with zero attached hydrogens (tertiary/aromatic N) is 1. The topological polar surface area (TPSA) is 38.8 Å². The van der Waals surface area contributed by atoms with Crippen molar-refractivity contribution in [3.63, 3.8) is 0 Å². The van der Waals surface area contributed by atoms with Gasteiger partial charge in [-0.2, -0.15) is 0 Å². The summed E-state index contributed by atoms with van der Waals surface area (Å²) in [7, 11) is 3.38. The van der Waals surface area contributed by atoms with Crippen LogP contribution in [0.3, 0.4) is 0 Å². The molecule has 1 aromatic heterocycles. The predicted octanol–water partition coefficient (Wildman–Crippen LogP) is 4.19. The van der Waals surface area contributed by atoms with Gasteiger partial charge in [-0.15, -0.1) is 11.3 Å². The van der Waals surface area contributed by atoms with Gasteiger partial charge in [0.05, 0.1) is 20.3 Å². The molecular weight excluding hydrogens is 366 g/mol. The third-order valence-corrected chi connectivity index (χ3v) is 4.75. The second-order valence-electron chi connectivity index (χ2n) is 4.69. The molecule has 0 saturated heterocycles. The highest BCUT2D eigenvalue weighted by molar-refractivity contribution is 9.10. The fraction of sp³-hybridized carbons (Fsp3) is 0.312. The lowest BCUT2D eigenvalue weighted by atomic mass is 10.1. The van der Waals surface area contributed by atoms with Crippen molar-refractivity contribution in [1.29, 1.82) is 0 Å². The maximum atomic E-state index is 12.5. The molecule has 4 nitrogen and oxygen atoms in total. The van der Waals surface area contributed by atoms with Crippen molar-refractivity contribution >= 4 is 33.2 Å². The Morgan fingerprint density at radius 2 is 2.09 bits per heavy atom. The van der Waals surface area contributed by atoms with E-state index in [0.29, 0.717) is 30.2 Å². The number of rotatable bonds is 6. The fourth-order valence-corrected chi connectivity index (χ4v) is 3.54. The standard InChI is InChI=1S/C16H18BrNO3S/c1-4-21-15-7-11(5-6-14(15)20-3)16(19)18(2)9-13-8-12(17)10-22-13/h5-8,10H,4,9H2,1-3H3. The average Bonchev–Trinajstić information content (AvgIpc) is 2.91. The van der Waals surface area contributed by atoms with Crippen LogP contribution < -0.4 is 9.47 Å². The van der Waals surface area contributed by atoms with Gasteiger partial charge in [-0.3, -0.25) is 4.79 Å². The van der Waals surface area contributed by atoms with E-state index in [4.69, 9.17) is 9.47 Å². The number of amides is 1. The number of methoxy groups -OCH3 is 1. The molecule has 2 aromatic rings. The quantitative estimate of drug-likeness (QED) is 0.750. The van der Waals surface area contributed by atoms with E-state index in [1.165, 1.54) is 0 Å². The number of carbonyl (C=O) groups excluding carboxylic acids is 1. The zero-order valence-corrected chi connectivity index (χ0v) is 15.2. The summed E-state index contributed by atoms with van der Waals surface area (Å²) >= 11 is 5.05. The first-order valence-electron chi connectivity index (χ1n) is 6.84. The lowest BCUT2D eigenvalue weighted by Gasteiger charge is -2.17. The molecule has 0 fully saturated rings. The van der Waals surface area contributed by atoms with Crippen LogP contribution in [0.15, 0.2) is 34.1 Å². The molecule has 1 heterocycles. The number of hydrogen-bond acceptors (Lipinski definition) is 4. The van der Waals surface area contributed by atoms with Crippen LogP contribution in [0.1, 0.15) is 22.2 Å². The van der Waals surface area contributed by atoms with Gasteiger partial charge in [0.2, 0.25) is 0 Å². The summed E-state index contributed by atoms with van der Waals surface area (Å²) in [4.78, 5) is 15.4. The molecule has 0 unspecified atom stereocenters. The van der Waals surface area contributed by atoms with Crippen LogP contribution in [0.25, 0.3) is 0 Å². The van der Waals surface area contributed by atoms with Crippen molar-refractivity contribution in [1.82, 2.24) is 4.90 Å². The molecule has 0 N–H and O–H groups in total. The number of hydrogen-bond donors (Lipinski definition) is 0. The summed E-state index contributed by atoms with van der Waals surface area (Å²) in [5, 5.41) is 2.01. The van der Waals surface area contributed by atoms with Gasteiger partial charge in [0.1, 0.15) is 0 Å². The summed E-state index contributed by atoms with van der Waals surface area (Å²) in [5.41, 5.74) is 0.586. The lowest BCUT2D eigenvalue weighted by Crippen LogP contribution is -2.25. The third-order valence-electron chi connectivity index (χ3n) is 3.07. The van der Waals surface area contributed by atoms with Crippen molar-refractivity contribution in [2.45, 2.75) is 13.5 Å². The van der Waals surface area contributed by atoms with Gasteiger partial charge in [-0.1, -0.05) is 0 Å². The first-order valence-corrected chi connectivity index (χ1v) is 8.51. The molecule has 0 atom stereocenters. The first-order chi connectivity index (χ1) is 10.5. The van der Waals surface area contributed by atoms with Crippen molar-refractivity contribution in [3.05, 3.63) is 44.6 Å². The van der Waals surface area contributed by atoms with Gasteiger partial charge >= 0.3 is 0 Å². The largest absolute Gasteiger partial charge is 0.493 e. The summed E-state index contributed by atoms with van der Waals surface area (Å²) in [6.45, 7) is 2.99. The molecule has 22 heavy (non-hydrogen) atoms. The Morgan fingerprint density at radius 3 is 2.68 bits per heavy atom. The predicted molar refractivity (Wildman–Crippen MR) is 92.0 cm³/mol. The Labute approximate surface area is 142 Å². The van der Waals surface area contributed by atoms with Crippen molar-refractivity contribution < 1.29 is 14.3 Å². The molecule has 0 spiro atoms. The molecule has 0 saturated carbocycles. The van der Waals surface area contributed by atoms with Crippen molar-refractivity contribution in [2.24, 2.45) is 0 Å². The van der Waals surface area contributed by atoms with E-state index in [0.717, 1.165) is 9.35 Å². The number of carbonyl (C=O) groups is 1. The maximum Gasteiger partial charge on any atom is 0.254 e. The molecule has 0 bridgehead atoms. The van der Waals surface area contributed by atoms with E-state index in [1.54, 1.807) is 48.6 Å². The SMILES string of the molecule is CCOc1cc(C(=O)N(C)Cc2cc(Br)cs2)ccc1OC. The highest BCUT2D eigenvalue weighted by Crippen LogP contribution is 2.29. The summed E-state index contributed by atoms with van der Waals surface area (Å²) in [6.07, 6.45) is 0. The monoisotopic (exact) mass is 383 g/mol. The number of thiophene rings is 1. The minimum Gasteiger partial charge on any atom is -0.493 e. The van der Waals surface area contributed by atoms with Gasteiger partial charge in [-0.25, -0.2) is 0 Å². The Morgan fingerprint density at radius 1 is 1.32 bits per heavy atom. The van der Waals surface area contributed by atoms with Gasteiger partial charge in [0, 0.05) is 27.3 Å². The Bertz CT molecular complexity index is 657. The molecule has 0 aliphatic carbocycles. The molecular formula is C16H18BrNO3S. The highest BCUT2D eigenvalue weighted by Gasteiger charge is 2.15. The number of halogens is 1. The normalized spacial score (nSPS) is 10.4. The summed E-state index contributed by atoms with van der Waals surface area (Å²) in [5.74, 6) is 1.17. The van der Waals surface area contributed by atoms with Crippen LogP contribution in [0.4, 0.5) is 0 Å². The fourth-order valence-electron chi connectivity index (χ4n) is 2.04. The van der Waals surface area contributed by atoms with Crippen LogP contribution in [0, 0.1) is 0 Å². The molecule has 0 aliphatic heterocycles. The van der Waals surface area contributed by atoms with Crippen molar-refractivity contribution in [3.8, 4) is 11.5 Å². The highest BCUT2D eigenvalue weighted by atomic mass is 79.9. The van der Waals surface area contributed by atoms with Gasteiger partial charge < -0.3 is 14.4 Å². The zero-order valence-electron chi connectivity index (χ0n) is 12.8. The maximum absolute atomic E-state index is 12.5. The summed E-state index contributed by atoms with van der Waals surface area (Å²) < 4.78 is 11.8. The van der Waals surface area contributed by atoms with E-state index in [-0.39, 0.29) is 5.91 Å². The molecule has 0 aliphatic rings. The first kappa shape index (κ1) is 16.8. The third kappa shape index (κ3) is 4.01. The van der Waals surface area contributed by atoms with E-state index in [1.807, 2.05) is 18.4 Å². The molecule has 1 aromatic carbocycles. The van der Waals surface area contributed by atoms with Crippen LogP contribution in [-0.4, -0.2) is 31.6 Å². The van der Waals surface area contributed by atoms with Gasteiger partial charge in [0.15, 0.2) is 11.5 Å². The number of ether oxygens (including phenoxy) is 2.